The molecule has 1 aromatic carbocycles. The van der Waals surface area contributed by atoms with Gasteiger partial charge in [0.25, 0.3) is 0 Å². The summed E-state index contributed by atoms with van der Waals surface area (Å²) in [6.07, 6.45) is 11.1. The Morgan fingerprint density at radius 2 is 2.02 bits per heavy atom. The van der Waals surface area contributed by atoms with Crippen molar-refractivity contribution < 1.29 is 14.7 Å². The lowest BCUT2D eigenvalue weighted by Gasteiger charge is -2.34. The molecule has 3 aromatic heterocycles. The highest BCUT2D eigenvalue weighted by molar-refractivity contribution is 6.30. The van der Waals surface area contributed by atoms with E-state index in [0.29, 0.717) is 42.2 Å². The van der Waals surface area contributed by atoms with E-state index in [2.05, 4.69) is 20.7 Å². The fourth-order valence-electron chi connectivity index (χ4n) is 5.77. The first-order valence-corrected chi connectivity index (χ1v) is 14.4. The molecule has 0 spiro atoms. The number of aliphatic hydroxyl groups is 1. The number of fused-ring (bicyclic) bond motifs is 4. The van der Waals surface area contributed by atoms with Crippen molar-refractivity contribution in [3.05, 3.63) is 77.5 Å². The fraction of sp³-hybridized carbons (Fsp3) is 0.333. The zero-order valence-corrected chi connectivity index (χ0v) is 23.9. The first kappa shape index (κ1) is 27.8. The summed E-state index contributed by atoms with van der Waals surface area (Å²) < 4.78 is 3.34. The molecule has 216 valence electrons. The Morgan fingerprint density at radius 1 is 1.14 bits per heavy atom. The zero-order chi connectivity index (χ0) is 29.2. The molecule has 0 fully saturated rings. The number of carbonyl (C=O) groups excluding carboxylic acids is 2. The van der Waals surface area contributed by atoms with Gasteiger partial charge in [0, 0.05) is 40.9 Å². The van der Waals surface area contributed by atoms with Crippen LogP contribution in [0.3, 0.4) is 0 Å². The minimum atomic E-state index is -0.281. The van der Waals surface area contributed by atoms with E-state index in [0.717, 1.165) is 34.5 Å². The molecule has 2 N–H and O–H groups in total. The van der Waals surface area contributed by atoms with Gasteiger partial charge in [0.2, 0.25) is 11.8 Å². The van der Waals surface area contributed by atoms with Crippen LogP contribution in [0.4, 0.5) is 5.69 Å². The number of anilines is 1. The summed E-state index contributed by atoms with van der Waals surface area (Å²) in [6, 6.07) is 9.06. The van der Waals surface area contributed by atoms with Crippen LogP contribution in [0.25, 0.3) is 22.5 Å². The number of aliphatic hydroxyl groups excluding tert-OH is 1. The molecule has 5 heterocycles. The first-order valence-electron chi connectivity index (χ1n) is 14.0. The van der Waals surface area contributed by atoms with E-state index < -0.39 is 0 Å². The number of halogens is 1. The number of aromatic nitrogens is 6. The summed E-state index contributed by atoms with van der Waals surface area (Å²) >= 11 is 6.37. The van der Waals surface area contributed by atoms with Gasteiger partial charge in [-0.15, -0.1) is 5.10 Å². The summed E-state index contributed by atoms with van der Waals surface area (Å²) in [6.45, 7) is 2.58. The lowest BCUT2D eigenvalue weighted by atomic mass is 9.93. The second-order valence-electron chi connectivity index (χ2n) is 10.6. The highest BCUT2D eigenvalue weighted by Gasteiger charge is 2.31. The maximum atomic E-state index is 13.8. The maximum absolute atomic E-state index is 13.8. The van der Waals surface area contributed by atoms with Gasteiger partial charge in [0.05, 0.1) is 60.5 Å². The minimum Gasteiger partial charge on any atom is -0.394 e. The Balaban J connectivity index is 1.37. The summed E-state index contributed by atoms with van der Waals surface area (Å²) in [5.41, 5.74) is 5.36. The van der Waals surface area contributed by atoms with E-state index >= 15 is 0 Å². The van der Waals surface area contributed by atoms with Gasteiger partial charge in [0.1, 0.15) is 0 Å². The number of carbonyl (C=O) groups is 2. The van der Waals surface area contributed by atoms with E-state index in [1.54, 1.807) is 46.3 Å². The second kappa shape index (κ2) is 11.9. The molecule has 2 bridgehead atoms. The van der Waals surface area contributed by atoms with Crippen LogP contribution in [-0.2, 0) is 16.1 Å². The predicted molar refractivity (Wildman–Crippen MR) is 158 cm³/mol. The largest absolute Gasteiger partial charge is 0.394 e. The zero-order valence-electron chi connectivity index (χ0n) is 23.2. The van der Waals surface area contributed by atoms with Gasteiger partial charge in [-0.05, 0) is 55.2 Å². The number of hydrogen-bond acceptors (Lipinski definition) is 7. The number of benzene rings is 1. The molecule has 2 amide bonds. The Hall–Kier alpha value is -4.35. The van der Waals surface area contributed by atoms with E-state index in [9.17, 15) is 14.7 Å². The van der Waals surface area contributed by atoms with Gasteiger partial charge in [-0.3, -0.25) is 19.3 Å². The van der Waals surface area contributed by atoms with E-state index in [-0.39, 0.29) is 36.9 Å². The molecule has 11 nitrogen and oxygen atoms in total. The number of rotatable bonds is 5. The number of hydrogen-bond donors (Lipinski definition) is 2. The van der Waals surface area contributed by atoms with Crippen LogP contribution in [0.2, 0.25) is 5.02 Å². The third-order valence-electron chi connectivity index (χ3n) is 7.92. The molecule has 0 saturated heterocycles. The van der Waals surface area contributed by atoms with Crippen molar-refractivity contribution in [2.45, 2.75) is 45.2 Å². The first-order chi connectivity index (χ1) is 20.4. The molecular weight excluding hydrogens is 556 g/mol. The van der Waals surface area contributed by atoms with Crippen LogP contribution in [0.15, 0.2) is 61.2 Å². The molecule has 2 aliphatic rings. The molecule has 4 aromatic rings. The van der Waals surface area contributed by atoms with E-state index in [1.807, 2.05) is 36.1 Å². The molecule has 0 saturated carbocycles. The van der Waals surface area contributed by atoms with Crippen molar-refractivity contribution in [3.63, 3.8) is 0 Å². The van der Waals surface area contributed by atoms with Crippen molar-refractivity contribution in [2.24, 2.45) is 5.92 Å². The standard InChI is InChI=1S/C30H31ClN8O3/c1-19-3-2-4-27(24-15-21(7-9-32-24)29-25(35-30(19)42)18-34-39(29)13-14-40)37-11-8-20(16-28(37)41)23-17-22(31)5-6-26(23)38-12-10-33-36-38/h5-7,9-10,12,15-19,27,40H,2-4,8,11,13-14H2,1H3,(H,35,42)/t19-,27?/m1/s1. The lowest BCUT2D eigenvalue weighted by molar-refractivity contribution is -0.129. The topological polar surface area (TPSA) is 131 Å². The molecule has 0 radical (unpaired) electrons. The maximum Gasteiger partial charge on any atom is 0.247 e. The van der Waals surface area contributed by atoms with Crippen LogP contribution in [0.5, 0.6) is 0 Å². The molecule has 42 heavy (non-hydrogen) atoms. The van der Waals surface area contributed by atoms with Crippen LogP contribution >= 0.6 is 11.6 Å². The lowest BCUT2D eigenvalue weighted by Crippen LogP contribution is -2.38. The van der Waals surface area contributed by atoms with Crippen molar-refractivity contribution in [2.75, 3.05) is 18.5 Å². The average molecular weight is 587 g/mol. The Kier molecular flexibility index (Phi) is 7.86. The predicted octanol–water partition coefficient (Wildman–Crippen LogP) is 4.29. The normalized spacial score (nSPS) is 19.4. The Bertz CT molecular complexity index is 1650. The summed E-state index contributed by atoms with van der Waals surface area (Å²) in [5.74, 6) is -0.425. The second-order valence-corrected chi connectivity index (χ2v) is 11.1. The summed E-state index contributed by atoms with van der Waals surface area (Å²) in [4.78, 5) is 33.4. The summed E-state index contributed by atoms with van der Waals surface area (Å²) in [7, 11) is 0. The van der Waals surface area contributed by atoms with Crippen LogP contribution in [-0.4, -0.2) is 64.7 Å². The highest BCUT2D eigenvalue weighted by Crippen LogP contribution is 2.37. The minimum absolute atomic E-state index is 0.0856. The van der Waals surface area contributed by atoms with Crippen LogP contribution < -0.4 is 5.32 Å². The summed E-state index contributed by atoms with van der Waals surface area (Å²) in [5, 5.41) is 25.7. The van der Waals surface area contributed by atoms with E-state index in [1.165, 1.54) is 0 Å². The fourth-order valence-corrected chi connectivity index (χ4v) is 5.94. The Morgan fingerprint density at radius 3 is 2.81 bits per heavy atom. The van der Waals surface area contributed by atoms with Crippen molar-refractivity contribution in [3.8, 4) is 16.9 Å². The van der Waals surface area contributed by atoms with Crippen LogP contribution in [0.1, 0.15) is 49.9 Å². The quantitative estimate of drug-likeness (QED) is 0.357. The molecule has 1 unspecified atom stereocenters. The molecule has 0 aliphatic carbocycles. The molecule has 12 heteroatoms. The van der Waals surface area contributed by atoms with Gasteiger partial charge in [-0.1, -0.05) is 30.2 Å². The smallest absolute Gasteiger partial charge is 0.247 e. The van der Waals surface area contributed by atoms with Crippen molar-refractivity contribution >= 4 is 34.7 Å². The van der Waals surface area contributed by atoms with Gasteiger partial charge < -0.3 is 15.3 Å². The van der Waals surface area contributed by atoms with Gasteiger partial charge in [0.15, 0.2) is 0 Å². The molecule has 2 aliphatic heterocycles. The SMILES string of the molecule is C[C@@H]1CCCC(N2CCC(c3cc(Cl)ccc3-n3ccnn3)=CC2=O)c2cc(ccn2)-c2c(cnn2CCO)NC1=O. The number of nitrogens with zero attached hydrogens (tertiary/aromatic N) is 7. The monoisotopic (exact) mass is 586 g/mol. The van der Waals surface area contributed by atoms with Gasteiger partial charge in [-0.2, -0.15) is 5.10 Å². The number of nitrogens with one attached hydrogen (secondary N) is 1. The molecule has 2 atom stereocenters. The van der Waals surface area contributed by atoms with E-state index in [4.69, 9.17) is 16.6 Å². The highest BCUT2D eigenvalue weighted by atomic mass is 35.5. The van der Waals surface area contributed by atoms with Crippen molar-refractivity contribution in [1.82, 2.24) is 34.7 Å². The number of pyridine rings is 1. The van der Waals surface area contributed by atoms with Gasteiger partial charge >= 0.3 is 0 Å². The van der Waals surface area contributed by atoms with Crippen LogP contribution in [0, 0.1) is 5.92 Å². The average Bonchev–Trinajstić information content (AvgIpc) is 3.66. The third kappa shape index (κ3) is 5.45. The number of amides is 2. The molecule has 6 rings (SSSR count). The van der Waals surface area contributed by atoms with Gasteiger partial charge in [-0.25, -0.2) is 4.68 Å². The van der Waals surface area contributed by atoms with Crippen molar-refractivity contribution in [1.29, 1.82) is 0 Å². The third-order valence-corrected chi connectivity index (χ3v) is 8.16. The Labute approximate surface area is 247 Å². The molecular formula is C30H31ClN8O3.